The van der Waals surface area contributed by atoms with Crippen LogP contribution in [-0.4, -0.2) is 2.75 Å². The molecular weight excluding hydrogens is 537 g/mol. The van der Waals surface area contributed by atoms with Crippen LogP contribution in [-0.2, 0) is 25.7 Å². The Labute approximate surface area is 178 Å². The molecule has 5 rings (SSSR count). The van der Waals surface area contributed by atoms with Crippen molar-refractivity contribution in [1.82, 2.24) is 0 Å². The van der Waals surface area contributed by atoms with Gasteiger partial charge in [-0.15, -0.1) is 0 Å². The van der Waals surface area contributed by atoms with Gasteiger partial charge in [-0.1, -0.05) is 0 Å². The van der Waals surface area contributed by atoms with E-state index in [4.69, 9.17) is 0 Å². The molecule has 23 heavy (non-hydrogen) atoms. The molecule has 0 N–H and O–H groups in total. The zero-order valence-corrected chi connectivity index (χ0v) is 18.8. The molecule has 0 amide bonds. The maximum Gasteiger partial charge on any atom is -1.00 e. The van der Waals surface area contributed by atoms with Crippen LogP contribution in [0.5, 0.6) is 0 Å². The summed E-state index contributed by atoms with van der Waals surface area (Å²) in [5.74, 6) is 0. The first-order chi connectivity index (χ1) is 10.2. The number of hydrogen-bond acceptors (Lipinski definition) is 1. The van der Waals surface area contributed by atoms with E-state index in [-0.39, 0.29) is 30.0 Å². The van der Waals surface area contributed by atoms with Crippen molar-refractivity contribution in [2.45, 2.75) is 5.21 Å². The minimum atomic E-state index is -0.763. The Hall–Kier alpha value is 0.463. The SMILES string of the molecule is IC12C=CC=C3[C](=CC=C31)[Zr+2][C]1(C=Cc3ccccc31)S2.[Cl-].[Cl-]. The Morgan fingerprint density at radius 2 is 1.83 bits per heavy atom. The quantitative estimate of drug-likeness (QED) is 0.301. The smallest absolute Gasteiger partial charge is 1.00 e. The number of halogens is 3. The number of benzene rings is 1. The summed E-state index contributed by atoms with van der Waals surface area (Å²) in [5, 5.41) is 0. The molecule has 1 aliphatic heterocycles. The number of hydrogen-bond donors (Lipinski definition) is 0. The number of fused-ring (bicyclic) bond motifs is 2. The van der Waals surface area contributed by atoms with Crippen LogP contribution in [0.4, 0.5) is 0 Å². The summed E-state index contributed by atoms with van der Waals surface area (Å²) in [5.41, 5.74) is 6.01. The van der Waals surface area contributed by atoms with Crippen LogP contribution in [0.2, 0.25) is 0 Å². The molecule has 2 atom stereocenters. The number of alkyl halides is 1. The largest absolute Gasteiger partial charge is 1.00 e. The van der Waals surface area contributed by atoms with Crippen molar-refractivity contribution < 1.29 is 48.0 Å². The molecule has 0 saturated carbocycles. The minimum absolute atomic E-state index is 0. The van der Waals surface area contributed by atoms with Crippen LogP contribution in [0, 0.1) is 0 Å². The molecule has 4 bridgehead atoms. The van der Waals surface area contributed by atoms with Gasteiger partial charge in [0.1, 0.15) is 0 Å². The maximum atomic E-state index is 2.66. The Kier molecular flexibility index (Phi) is 5.02. The zero-order chi connectivity index (χ0) is 14.1. The summed E-state index contributed by atoms with van der Waals surface area (Å²) in [6.07, 6.45) is 16.6. The molecule has 4 aliphatic rings. The molecular formula is C18H11Cl2ISZr. The van der Waals surface area contributed by atoms with Crippen LogP contribution in [0.25, 0.3) is 6.08 Å². The van der Waals surface area contributed by atoms with Gasteiger partial charge in [0, 0.05) is 0 Å². The van der Waals surface area contributed by atoms with Gasteiger partial charge in [0.15, 0.2) is 0 Å². The van der Waals surface area contributed by atoms with Crippen molar-refractivity contribution in [3.8, 4) is 0 Å². The molecule has 0 radical (unpaired) electrons. The van der Waals surface area contributed by atoms with Crippen LogP contribution in [0.3, 0.4) is 0 Å². The van der Waals surface area contributed by atoms with E-state index in [0.29, 0.717) is 0 Å². The third-order valence-corrected chi connectivity index (χ3v) is 12.4. The summed E-state index contributed by atoms with van der Waals surface area (Å²) in [7, 11) is 0. The molecule has 0 aromatic heterocycles. The van der Waals surface area contributed by atoms with Gasteiger partial charge in [-0.2, -0.15) is 0 Å². The fourth-order valence-electron chi connectivity index (χ4n) is 3.46. The average Bonchev–Trinajstić information content (AvgIpc) is 3.02. The van der Waals surface area contributed by atoms with E-state index in [1.54, 1.807) is 8.84 Å². The first-order valence-corrected chi connectivity index (χ1v) is 11.3. The van der Waals surface area contributed by atoms with Gasteiger partial charge in [0.25, 0.3) is 0 Å². The number of rotatable bonds is 0. The normalized spacial score (nSPS) is 30.7. The Bertz CT molecular complexity index is 839. The van der Waals surface area contributed by atoms with E-state index < -0.39 is 23.2 Å². The minimum Gasteiger partial charge on any atom is -1.00 e. The molecule has 1 fully saturated rings. The number of allylic oxidation sites excluding steroid dienone is 6. The Morgan fingerprint density at radius 3 is 2.70 bits per heavy atom. The van der Waals surface area contributed by atoms with E-state index in [1.807, 2.05) is 0 Å². The second kappa shape index (κ2) is 6.32. The molecule has 1 spiro atoms. The number of thioether (sulfide) groups is 1. The predicted molar refractivity (Wildman–Crippen MR) is 94.9 cm³/mol. The standard InChI is InChI=1S/C18H11IS.2ClH.Zr/c19-18(12-4-7-14-6-3-9-16(14)18)20-17-11-10-13-5-1-2-8-15(13)17;;;/h1-5,7-12H;2*1H;/q;;;+2/p-2. The first kappa shape index (κ1) is 18.3. The Morgan fingerprint density at radius 1 is 1.00 bits per heavy atom. The third-order valence-electron chi connectivity index (χ3n) is 4.43. The van der Waals surface area contributed by atoms with Gasteiger partial charge in [0.05, 0.1) is 0 Å². The van der Waals surface area contributed by atoms with Crippen molar-refractivity contribution in [3.05, 3.63) is 86.3 Å². The van der Waals surface area contributed by atoms with Crippen molar-refractivity contribution in [2.24, 2.45) is 0 Å². The van der Waals surface area contributed by atoms with E-state index in [0.717, 1.165) is 0 Å². The van der Waals surface area contributed by atoms with E-state index in [2.05, 4.69) is 101 Å². The summed E-state index contributed by atoms with van der Waals surface area (Å²) in [6.45, 7) is 0. The van der Waals surface area contributed by atoms with E-state index in [1.165, 1.54) is 16.7 Å². The zero-order valence-electron chi connectivity index (χ0n) is 11.9. The van der Waals surface area contributed by atoms with Crippen molar-refractivity contribution in [1.29, 1.82) is 0 Å². The molecule has 1 aromatic rings. The van der Waals surface area contributed by atoms with E-state index in [9.17, 15) is 0 Å². The topological polar surface area (TPSA) is 0 Å². The summed E-state index contributed by atoms with van der Waals surface area (Å²) in [6, 6.07) is 8.96. The molecule has 1 heterocycles. The molecule has 1 saturated heterocycles. The molecule has 2 unspecified atom stereocenters. The van der Waals surface area contributed by atoms with E-state index >= 15 is 0 Å². The molecule has 114 valence electrons. The third kappa shape index (κ3) is 2.57. The summed E-state index contributed by atoms with van der Waals surface area (Å²) < 4.78 is 1.99. The second-order valence-corrected chi connectivity index (χ2v) is 14.3. The predicted octanol–water partition coefficient (Wildman–Crippen LogP) is -0.845. The van der Waals surface area contributed by atoms with Gasteiger partial charge < -0.3 is 24.8 Å². The monoisotopic (exact) mass is 546 g/mol. The van der Waals surface area contributed by atoms with Crippen LogP contribution in [0.1, 0.15) is 11.1 Å². The average molecular weight is 548 g/mol. The van der Waals surface area contributed by atoms with Gasteiger partial charge in [-0.3, -0.25) is 0 Å². The van der Waals surface area contributed by atoms with Gasteiger partial charge >= 0.3 is 155 Å². The second-order valence-electron chi connectivity index (χ2n) is 5.63. The summed E-state index contributed by atoms with van der Waals surface area (Å²) >= 11 is 4.06. The van der Waals surface area contributed by atoms with Crippen LogP contribution < -0.4 is 24.8 Å². The van der Waals surface area contributed by atoms with Crippen LogP contribution >= 0.6 is 34.4 Å². The fraction of sp³-hybridized carbons (Fsp3) is 0.111. The molecule has 0 nitrogen and oxygen atoms in total. The molecule has 5 heteroatoms. The van der Waals surface area contributed by atoms with Gasteiger partial charge in [-0.25, -0.2) is 0 Å². The molecule has 3 aliphatic carbocycles. The fourth-order valence-corrected chi connectivity index (χ4v) is 13.9. The van der Waals surface area contributed by atoms with Crippen molar-refractivity contribution in [3.63, 3.8) is 0 Å². The van der Waals surface area contributed by atoms with Crippen LogP contribution in [0.15, 0.2) is 75.1 Å². The maximum absolute atomic E-state index is 2.66. The summed E-state index contributed by atoms with van der Waals surface area (Å²) in [4.78, 5) is 0. The van der Waals surface area contributed by atoms with Gasteiger partial charge in [-0.05, 0) is 0 Å². The molecule has 1 aromatic carbocycles. The van der Waals surface area contributed by atoms with Crippen molar-refractivity contribution >= 4 is 40.4 Å². The Balaban J connectivity index is 0.000000781. The van der Waals surface area contributed by atoms with Gasteiger partial charge in [0.2, 0.25) is 0 Å². The van der Waals surface area contributed by atoms with Crippen molar-refractivity contribution in [2.75, 3.05) is 0 Å². The first-order valence-electron chi connectivity index (χ1n) is 6.99.